The highest BCUT2D eigenvalue weighted by molar-refractivity contribution is 7.54. The molecule has 0 unspecified atom stereocenters. The Morgan fingerprint density at radius 3 is 3.10 bits per heavy atom. The van der Waals surface area contributed by atoms with Gasteiger partial charge in [-0.15, -0.1) is 0 Å². The van der Waals surface area contributed by atoms with Crippen molar-refractivity contribution in [3.05, 3.63) is 23.5 Å². The molecule has 0 spiro atoms. The first-order valence-corrected chi connectivity index (χ1v) is 3.53. The number of hydrogen-bond donors (Lipinski definition) is 0. The fraction of sp³-hybridized carbons (Fsp3) is 0. The molecule has 0 fully saturated rings. The predicted molar refractivity (Wildman–Crippen MR) is 39.5 cm³/mol. The summed E-state index contributed by atoms with van der Waals surface area (Å²) in [4.78, 5) is 3.72. The van der Waals surface area contributed by atoms with Crippen LogP contribution in [0.5, 0.6) is 0 Å². The van der Waals surface area contributed by atoms with Crippen LogP contribution in [0.25, 0.3) is 0 Å². The zero-order valence-electron chi connectivity index (χ0n) is 4.82. The largest absolute Gasteiger partial charge is 0.242 e. The Bertz CT molecular complexity index is 285. The Balaban J connectivity index is 3.14. The van der Waals surface area contributed by atoms with E-state index >= 15 is 0 Å². The highest BCUT2D eigenvalue weighted by atomic mass is 35.5. The van der Waals surface area contributed by atoms with Gasteiger partial charge in [0.1, 0.15) is 5.69 Å². The maximum atomic E-state index is 9.92. The van der Waals surface area contributed by atoms with Crippen molar-refractivity contribution in [2.45, 2.75) is 0 Å². The quantitative estimate of drug-likeness (QED) is 0.609. The Kier molecular flexibility index (Phi) is 2.53. The minimum Gasteiger partial charge on any atom is -0.242 e. The van der Waals surface area contributed by atoms with Gasteiger partial charge < -0.3 is 0 Å². The van der Waals surface area contributed by atoms with Gasteiger partial charge in [0.15, 0.2) is 5.15 Å². The average Bonchev–Trinajstić information content (AvgIpc) is 1.94. The van der Waals surface area contributed by atoms with Crippen molar-refractivity contribution >= 4 is 28.8 Å². The standard InChI is InChI=1S/C5H3ClN2OS/c6-5-4(8-10-9)2-1-3-7-5/h1-3H. The van der Waals surface area contributed by atoms with E-state index in [1.165, 1.54) is 6.20 Å². The van der Waals surface area contributed by atoms with Gasteiger partial charge >= 0.3 is 0 Å². The van der Waals surface area contributed by atoms with Crippen molar-refractivity contribution in [3.63, 3.8) is 0 Å². The lowest BCUT2D eigenvalue weighted by Crippen LogP contribution is -1.71. The minimum absolute atomic E-state index is 0.119. The highest BCUT2D eigenvalue weighted by Gasteiger charge is 1.94. The summed E-state index contributed by atoms with van der Waals surface area (Å²) < 4.78 is 13.4. The highest BCUT2D eigenvalue weighted by Crippen LogP contribution is 2.19. The Hall–Kier alpha value is -0.740. The van der Waals surface area contributed by atoms with Gasteiger partial charge in [-0.2, -0.15) is 8.57 Å². The molecule has 0 saturated heterocycles. The van der Waals surface area contributed by atoms with E-state index in [2.05, 4.69) is 9.35 Å². The van der Waals surface area contributed by atoms with E-state index in [4.69, 9.17) is 11.6 Å². The lowest BCUT2D eigenvalue weighted by atomic mass is 10.4. The van der Waals surface area contributed by atoms with Crippen LogP contribution in [0.4, 0.5) is 5.69 Å². The molecule has 1 rings (SSSR count). The summed E-state index contributed by atoms with van der Waals surface area (Å²) >= 11 is 5.67. The summed E-state index contributed by atoms with van der Waals surface area (Å²) in [6.07, 6.45) is 1.54. The fourth-order valence-electron chi connectivity index (χ4n) is 0.486. The first kappa shape index (κ1) is 7.37. The maximum absolute atomic E-state index is 9.92. The molecule has 0 saturated carbocycles. The van der Waals surface area contributed by atoms with Crippen molar-refractivity contribution in [1.82, 2.24) is 4.98 Å². The topological polar surface area (TPSA) is 42.3 Å². The smallest absolute Gasteiger partial charge is 0.205 e. The van der Waals surface area contributed by atoms with Crippen LogP contribution in [0.2, 0.25) is 5.15 Å². The molecule has 0 atom stereocenters. The van der Waals surface area contributed by atoms with Crippen LogP contribution in [-0.2, 0) is 11.5 Å². The molecule has 0 N–H and O–H groups in total. The number of pyridine rings is 1. The van der Waals surface area contributed by atoms with Crippen LogP contribution in [0, 0.1) is 0 Å². The summed E-state index contributed by atoms with van der Waals surface area (Å²) in [6, 6.07) is 3.29. The Labute approximate surface area is 66.3 Å². The lowest BCUT2D eigenvalue weighted by Gasteiger charge is -1.89. The third-order valence-corrected chi connectivity index (χ3v) is 1.44. The summed E-state index contributed by atoms with van der Waals surface area (Å²) in [5.41, 5.74) is 0.421. The first-order valence-electron chi connectivity index (χ1n) is 2.45. The second-order valence-corrected chi connectivity index (χ2v) is 2.17. The molecular weight excluding hydrogens is 172 g/mol. The van der Waals surface area contributed by atoms with Gasteiger partial charge in [-0.3, -0.25) is 0 Å². The number of aromatic nitrogens is 1. The van der Waals surface area contributed by atoms with E-state index in [0.29, 0.717) is 5.69 Å². The van der Waals surface area contributed by atoms with Gasteiger partial charge in [-0.05, 0) is 12.1 Å². The third kappa shape index (κ3) is 1.62. The maximum Gasteiger partial charge on any atom is 0.205 e. The lowest BCUT2D eigenvalue weighted by molar-refractivity contribution is 0.698. The average molecular weight is 175 g/mol. The number of halogens is 1. The van der Waals surface area contributed by atoms with Gasteiger partial charge in [-0.25, -0.2) is 4.98 Å². The molecule has 0 aliphatic carbocycles. The number of nitrogens with zero attached hydrogens (tertiary/aromatic N) is 2. The summed E-state index contributed by atoms with van der Waals surface area (Å²) in [6.45, 7) is 0. The Morgan fingerprint density at radius 1 is 1.70 bits per heavy atom. The molecule has 10 heavy (non-hydrogen) atoms. The molecule has 0 aliphatic rings. The molecule has 0 radical (unpaired) electrons. The zero-order valence-corrected chi connectivity index (χ0v) is 6.39. The van der Waals surface area contributed by atoms with Crippen molar-refractivity contribution in [3.8, 4) is 0 Å². The van der Waals surface area contributed by atoms with E-state index in [1.54, 1.807) is 12.1 Å². The fourth-order valence-corrected chi connectivity index (χ4v) is 0.925. The molecule has 0 aliphatic heterocycles. The van der Waals surface area contributed by atoms with E-state index in [0.717, 1.165) is 0 Å². The van der Waals surface area contributed by atoms with Crippen LogP contribution < -0.4 is 0 Å². The van der Waals surface area contributed by atoms with E-state index in [1.807, 2.05) is 0 Å². The minimum atomic E-state index is 0.119. The van der Waals surface area contributed by atoms with Crippen LogP contribution in [0.15, 0.2) is 22.7 Å². The van der Waals surface area contributed by atoms with Crippen LogP contribution >= 0.6 is 11.6 Å². The van der Waals surface area contributed by atoms with Gasteiger partial charge in [-0.1, -0.05) is 11.6 Å². The molecule has 0 aromatic carbocycles. The van der Waals surface area contributed by atoms with Gasteiger partial charge in [0.25, 0.3) is 0 Å². The summed E-state index contributed by atoms with van der Waals surface area (Å²) in [7, 11) is 0. The second-order valence-electron chi connectivity index (χ2n) is 1.48. The Morgan fingerprint density at radius 2 is 2.50 bits per heavy atom. The van der Waals surface area contributed by atoms with E-state index in [-0.39, 0.29) is 16.6 Å². The number of rotatable bonds is 1. The van der Waals surface area contributed by atoms with Crippen molar-refractivity contribution in [2.75, 3.05) is 0 Å². The number of hydrogen-bond acceptors (Lipinski definition) is 3. The zero-order chi connectivity index (χ0) is 7.40. The molecule has 3 nitrogen and oxygen atoms in total. The van der Waals surface area contributed by atoms with Gasteiger partial charge in [0.05, 0.1) is 0 Å². The normalized spacial score (nSPS) is 8.90. The predicted octanol–water partition coefficient (Wildman–Crippen LogP) is 1.76. The molecule has 52 valence electrons. The second kappa shape index (κ2) is 3.43. The van der Waals surface area contributed by atoms with Gasteiger partial charge in [0.2, 0.25) is 11.5 Å². The van der Waals surface area contributed by atoms with Gasteiger partial charge in [0, 0.05) is 6.20 Å². The van der Waals surface area contributed by atoms with Crippen LogP contribution in [-0.4, -0.2) is 9.19 Å². The molecule has 1 heterocycles. The van der Waals surface area contributed by atoms with Crippen molar-refractivity contribution in [1.29, 1.82) is 0 Å². The van der Waals surface area contributed by atoms with Crippen LogP contribution in [0.1, 0.15) is 0 Å². The third-order valence-electron chi connectivity index (χ3n) is 0.875. The SMILES string of the molecule is O=S=Nc1cccnc1Cl. The molecule has 5 heteroatoms. The summed E-state index contributed by atoms with van der Waals surface area (Å²) in [5.74, 6) is 0. The van der Waals surface area contributed by atoms with Crippen molar-refractivity contribution < 1.29 is 4.21 Å². The molecule has 1 aromatic heterocycles. The van der Waals surface area contributed by atoms with E-state index in [9.17, 15) is 4.21 Å². The molecule has 0 bridgehead atoms. The molecular formula is C5H3ClN2OS. The monoisotopic (exact) mass is 174 g/mol. The first-order chi connectivity index (χ1) is 4.84. The van der Waals surface area contributed by atoms with Crippen molar-refractivity contribution in [2.24, 2.45) is 4.36 Å². The van der Waals surface area contributed by atoms with E-state index < -0.39 is 0 Å². The molecule has 0 amide bonds. The van der Waals surface area contributed by atoms with Crippen LogP contribution in [0.3, 0.4) is 0 Å². The summed E-state index contributed by atoms with van der Waals surface area (Å²) in [5, 5.41) is 0.255. The molecule has 1 aromatic rings.